The van der Waals surface area contributed by atoms with Crippen molar-refractivity contribution in [2.75, 3.05) is 0 Å². The van der Waals surface area contributed by atoms with Gasteiger partial charge in [-0.1, -0.05) is 12.7 Å². The van der Waals surface area contributed by atoms with Crippen LogP contribution in [-0.2, 0) is 0 Å². The average molecular weight is 274 g/mol. The first-order valence-corrected chi connectivity index (χ1v) is 6.43. The molecule has 0 aliphatic heterocycles. The Hall–Kier alpha value is -2.10. The second-order valence-electron chi connectivity index (χ2n) is 4.61. The normalized spacial score (nSPS) is 19.9. The zero-order valence-electron chi connectivity index (χ0n) is 11.0. The molecule has 0 bridgehead atoms. The molecule has 4 heteroatoms. The molecule has 1 fully saturated rings. The monoisotopic (exact) mass is 274 g/mol. The van der Waals surface area contributed by atoms with Gasteiger partial charge in [0.15, 0.2) is 0 Å². The Bertz CT molecular complexity index is 529. The fourth-order valence-electron chi connectivity index (χ4n) is 1.99. The van der Waals surface area contributed by atoms with E-state index in [0.717, 1.165) is 11.1 Å². The van der Waals surface area contributed by atoms with Crippen LogP contribution in [0.25, 0.3) is 6.08 Å². The number of alkyl halides is 2. The summed E-state index contributed by atoms with van der Waals surface area (Å²) in [4.78, 5) is 7.68. The lowest BCUT2D eigenvalue weighted by molar-refractivity contribution is 0.120. The van der Waals surface area contributed by atoms with Gasteiger partial charge in [-0.2, -0.15) is 0 Å². The molecule has 0 radical (unpaired) electrons. The Morgan fingerprint density at radius 1 is 1.05 bits per heavy atom. The molecule has 2 unspecified atom stereocenters. The van der Waals surface area contributed by atoms with E-state index in [1.807, 2.05) is 24.3 Å². The number of pyridine rings is 2. The molecule has 2 nitrogen and oxygen atoms in total. The highest BCUT2D eigenvalue weighted by atomic mass is 19.3. The van der Waals surface area contributed by atoms with E-state index in [4.69, 9.17) is 0 Å². The summed E-state index contributed by atoms with van der Waals surface area (Å²) >= 11 is 0. The smallest absolute Gasteiger partial charge is 0.242 e. The van der Waals surface area contributed by atoms with E-state index in [2.05, 4.69) is 16.5 Å². The lowest BCUT2D eigenvalue weighted by Gasteiger charge is -1.97. The number of aromatic nitrogens is 2. The van der Waals surface area contributed by atoms with Gasteiger partial charge in [0.25, 0.3) is 0 Å². The molecular weight excluding hydrogens is 258 g/mol. The van der Waals surface area contributed by atoms with Gasteiger partial charge >= 0.3 is 0 Å². The maximum atomic E-state index is 12.1. The number of hydrogen-bond donors (Lipinski definition) is 0. The maximum Gasteiger partial charge on any atom is 0.242 e. The molecule has 0 amide bonds. The standard InChI is InChI=1S/C9H9F2N.C7H7N/c10-9(11)8-5-7(8)6-1-3-12-4-2-6;1-2-7-3-5-8-6-4-7/h1-4,7-9H,5H2;2-6H,1H2. The van der Waals surface area contributed by atoms with Crippen molar-refractivity contribution in [1.29, 1.82) is 0 Å². The largest absolute Gasteiger partial charge is 0.265 e. The SMILES string of the molecule is C=Cc1ccncc1.FC(F)C1CC1c1ccncc1. The van der Waals surface area contributed by atoms with E-state index in [-0.39, 0.29) is 5.92 Å². The van der Waals surface area contributed by atoms with Crippen molar-refractivity contribution >= 4 is 6.08 Å². The second kappa shape index (κ2) is 6.89. The molecule has 2 aromatic rings. The van der Waals surface area contributed by atoms with Crippen LogP contribution in [0.2, 0.25) is 0 Å². The van der Waals surface area contributed by atoms with E-state index in [1.165, 1.54) is 0 Å². The van der Waals surface area contributed by atoms with Crippen molar-refractivity contribution in [3.63, 3.8) is 0 Å². The summed E-state index contributed by atoms with van der Waals surface area (Å²) in [6.07, 6.45) is 7.05. The molecule has 3 rings (SSSR count). The molecule has 0 N–H and O–H groups in total. The molecule has 2 heterocycles. The molecule has 2 atom stereocenters. The summed E-state index contributed by atoms with van der Waals surface area (Å²) < 4.78 is 24.3. The maximum absolute atomic E-state index is 12.1. The molecule has 0 spiro atoms. The Labute approximate surface area is 117 Å². The Morgan fingerprint density at radius 3 is 2.00 bits per heavy atom. The number of rotatable bonds is 3. The molecule has 1 aliphatic carbocycles. The van der Waals surface area contributed by atoms with Crippen LogP contribution in [0, 0.1) is 5.92 Å². The molecule has 20 heavy (non-hydrogen) atoms. The highest BCUT2D eigenvalue weighted by Crippen LogP contribution is 2.50. The summed E-state index contributed by atoms with van der Waals surface area (Å²) in [6, 6.07) is 7.44. The van der Waals surface area contributed by atoms with Crippen molar-refractivity contribution in [1.82, 2.24) is 9.97 Å². The van der Waals surface area contributed by atoms with Crippen LogP contribution >= 0.6 is 0 Å². The van der Waals surface area contributed by atoms with Crippen molar-refractivity contribution in [3.05, 3.63) is 66.8 Å². The van der Waals surface area contributed by atoms with Gasteiger partial charge in [-0.15, -0.1) is 0 Å². The van der Waals surface area contributed by atoms with E-state index >= 15 is 0 Å². The first kappa shape index (κ1) is 14.3. The topological polar surface area (TPSA) is 25.8 Å². The van der Waals surface area contributed by atoms with Gasteiger partial charge in [-0.05, 0) is 47.7 Å². The van der Waals surface area contributed by atoms with Crippen LogP contribution in [0.4, 0.5) is 8.78 Å². The van der Waals surface area contributed by atoms with E-state index in [0.29, 0.717) is 6.42 Å². The van der Waals surface area contributed by atoms with Crippen molar-refractivity contribution < 1.29 is 8.78 Å². The summed E-state index contributed by atoms with van der Waals surface area (Å²) in [6.45, 7) is 3.60. The molecule has 104 valence electrons. The minimum Gasteiger partial charge on any atom is -0.265 e. The summed E-state index contributed by atoms with van der Waals surface area (Å²) in [7, 11) is 0. The zero-order chi connectivity index (χ0) is 14.4. The van der Waals surface area contributed by atoms with Gasteiger partial charge in [0.2, 0.25) is 6.43 Å². The van der Waals surface area contributed by atoms with E-state index < -0.39 is 12.3 Å². The fourth-order valence-corrected chi connectivity index (χ4v) is 1.99. The van der Waals surface area contributed by atoms with Crippen LogP contribution in [0.3, 0.4) is 0 Å². The van der Waals surface area contributed by atoms with Crippen molar-refractivity contribution in [2.45, 2.75) is 18.8 Å². The quantitative estimate of drug-likeness (QED) is 0.839. The zero-order valence-corrected chi connectivity index (χ0v) is 11.0. The van der Waals surface area contributed by atoms with Gasteiger partial charge in [0.1, 0.15) is 0 Å². The highest BCUT2D eigenvalue weighted by molar-refractivity contribution is 5.44. The van der Waals surface area contributed by atoms with Crippen LogP contribution in [-0.4, -0.2) is 16.4 Å². The number of hydrogen-bond acceptors (Lipinski definition) is 2. The van der Waals surface area contributed by atoms with Gasteiger partial charge in [0.05, 0.1) is 0 Å². The highest BCUT2D eigenvalue weighted by Gasteiger charge is 2.44. The Kier molecular flexibility index (Phi) is 4.93. The van der Waals surface area contributed by atoms with Crippen molar-refractivity contribution in [3.8, 4) is 0 Å². The minimum absolute atomic E-state index is 0.0769. The third-order valence-corrected chi connectivity index (χ3v) is 3.24. The third kappa shape index (κ3) is 3.95. The Balaban J connectivity index is 0.000000160. The predicted molar refractivity (Wildman–Crippen MR) is 75.4 cm³/mol. The van der Waals surface area contributed by atoms with Crippen LogP contribution in [0.1, 0.15) is 23.5 Å². The van der Waals surface area contributed by atoms with Crippen LogP contribution < -0.4 is 0 Å². The third-order valence-electron chi connectivity index (χ3n) is 3.24. The first-order chi connectivity index (χ1) is 9.72. The number of halogens is 2. The van der Waals surface area contributed by atoms with Crippen LogP contribution in [0.5, 0.6) is 0 Å². The first-order valence-electron chi connectivity index (χ1n) is 6.43. The number of nitrogens with zero attached hydrogens (tertiary/aromatic N) is 2. The van der Waals surface area contributed by atoms with Gasteiger partial charge in [-0.3, -0.25) is 9.97 Å². The average Bonchev–Trinajstić information content (AvgIpc) is 3.30. The molecule has 1 saturated carbocycles. The van der Waals surface area contributed by atoms with E-state index in [1.54, 1.807) is 30.9 Å². The molecule has 1 aliphatic rings. The van der Waals surface area contributed by atoms with Gasteiger partial charge in [-0.25, -0.2) is 8.78 Å². The minimum atomic E-state index is -2.16. The molecular formula is C16H16F2N2. The van der Waals surface area contributed by atoms with Gasteiger partial charge in [0, 0.05) is 30.7 Å². The van der Waals surface area contributed by atoms with Gasteiger partial charge < -0.3 is 0 Å². The molecule has 2 aromatic heterocycles. The summed E-state index contributed by atoms with van der Waals surface area (Å²) in [5.74, 6) is -0.333. The predicted octanol–water partition coefficient (Wildman–Crippen LogP) is 4.17. The van der Waals surface area contributed by atoms with Crippen LogP contribution in [0.15, 0.2) is 55.6 Å². The van der Waals surface area contributed by atoms with E-state index in [9.17, 15) is 8.78 Å². The second-order valence-corrected chi connectivity index (χ2v) is 4.61. The van der Waals surface area contributed by atoms with Crippen molar-refractivity contribution in [2.24, 2.45) is 5.92 Å². The molecule has 0 aromatic carbocycles. The fraction of sp³-hybridized carbons (Fsp3) is 0.250. The summed E-state index contributed by atoms with van der Waals surface area (Å²) in [5.41, 5.74) is 2.11. The lowest BCUT2D eigenvalue weighted by Crippen LogP contribution is -1.94. The summed E-state index contributed by atoms with van der Waals surface area (Å²) in [5, 5.41) is 0. The molecule has 0 saturated heterocycles. The Morgan fingerprint density at radius 2 is 1.60 bits per heavy atom. The lowest BCUT2D eigenvalue weighted by atomic mass is 10.1.